The molecule has 8 nitrogen and oxygen atoms in total. The Hall–Kier alpha value is -3.04. The number of benzene rings is 2. The number of methoxy groups -OCH3 is 2. The molecule has 2 aromatic carbocycles. The van der Waals surface area contributed by atoms with E-state index >= 15 is 0 Å². The first-order valence-electron chi connectivity index (χ1n) is 11.8. The Bertz CT molecular complexity index is 1100. The van der Waals surface area contributed by atoms with Crippen molar-refractivity contribution in [2.45, 2.75) is 49.4 Å². The van der Waals surface area contributed by atoms with Crippen LogP contribution in [0.15, 0.2) is 53.7 Å². The largest absolute Gasteiger partial charge is 0.497 e. The van der Waals surface area contributed by atoms with E-state index in [-0.39, 0.29) is 6.61 Å². The molecule has 1 N–H and O–H groups in total. The highest BCUT2D eigenvalue weighted by Gasteiger charge is 2.24. The zero-order valence-corrected chi connectivity index (χ0v) is 20.9. The van der Waals surface area contributed by atoms with Crippen molar-refractivity contribution in [3.8, 4) is 22.9 Å². The lowest BCUT2D eigenvalue weighted by atomic mass is 9.95. The highest BCUT2D eigenvalue weighted by Crippen LogP contribution is 2.36. The Labute approximate surface area is 209 Å². The summed E-state index contributed by atoms with van der Waals surface area (Å²) < 4.78 is 17.9. The minimum absolute atomic E-state index is 0.132. The van der Waals surface area contributed by atoms with Crippen molar-refractivity contribution in [1.82, 2.24) is 14.8 Å². The lowest BCUT2D eigenvalue weighted by Crippen LogP contribution is -2.21. The van der Waals surface area contributed by atoms with Crippen molar-refractivity contribution in [2.24, 2.45) is 0 Å². The third-order valence-electron chi connectivity index (χ3n) is 6.08. The van der Waals surface area contributed by atoms with Gasteiger partial charge in [0.15, 0.2) is 11.0 Å². The Kier molecular flexibility index (Phi) is 8.65. The van der Waals surface area contributed by atoms with Crippen molar-refractivity contribution in [3.05, 3.63) is 54.1 Å². The van der Waals surface area contributed by atoms with Gasteiger partial charge >= 0.3 is 5.97 Å². The molecule has 1 saturated carbocycles. The van der Waals surface area contributed by atoms with E-state index in [1.165, 1.54) is 38.1 Å². The molecule has 1 aliphatic carbocycles. The van der Waals surface area contributed by atoms with Crippen LogP contribution in [0.1, 0.15) is 48.5 Å². The third-order valence-corrected chi connectivity index (χ3v) is 7.16. The van der Waals surface area contributed by atoms with Gasteiger partial charge in [0, 0.05) is 17.4 Å². The molecule has 35 heavy (non-hydrogen) atoms. The van der Waals surface area contributed by atoms with E-state index in [4.69, 9.17) is 14.2 Å². The van der Waals surface area contributed by atoms with Gasteiger partial charge in [-0.15, -0.1) is 10.2 Å². The first-order chi connectivity index (χ1) is 17.1. The number of carbonyl (C=O) groups is 1. The number of hydrogen-bond donors (Lipinski definition) is 1. The normalized spacial score (nSPS) is 14.9. The maximum atomic E-state index is 11.5. The van der Waals surface area contributed by atoms with Crippen molar-refractivity contribution in [2.75, 3.05) is 26.6 Å². The number of aromatic nitrogens is 3. The molecule has 1 aromatic heterocycles. The maximum absolute atomic E-state index is 11.5. The minimum atomic E-state index is -0.693. The van der Waals surface area contributed by atoms with Crippen LogP contribution < -0.4 is 9.47 Å². The zero-order valence-electron chi connectivity index (χ0n) is 20.1. The van der Waals surface area contributed by atoms with Gasteiger partial charge in [-0.05, 0) is 61.4 Å². The van der Waals surface area contributed by atoms with Crippen molar-refractivity contribution < 1.29 is 24.1 Å². The predicted octanol–water partition coefficient (Wildman–Crippen LogP) is 4.78. The maximum Gasteiger partial charge on any atom is 0.337 e. The van der Waals surface area contributed by atoms with Gasteiger partial charge in [-0.3, -0.25) is 4.57 Å². The minimum Gasteiger partial charge on any atom is -0.497 e. The predicted molar refractivity (Wildman–Crippen MR) is 134 cm³/mol. The molecule has 3 aromatic rings. The second-order valence-electron chi connectivity index (χ2n) is 8.49. The molecule has 1 atom stereocenters. The van der Waals surface area contributed by atoms with Gasteiger partial charge in [-0.25, -0.2) is 4.79 Å². The molecule has 4 rings (SSSR count). The van der Waals surface area contributed by atoms with E-state index in [0.29, 0.717) is 23.1 Å². The molecule has 0 amide bonds. The van der Waals surface area contributed by atoms with Gasteiger partial charge < -0.3 is 19.3 Å². The van der Waals surface area contributed by atoms with Gasteiger partial charge in [0.25, 0.3) is 0 Å². The van der Waals surface area contributed by atoms with Crippen molar-refractivity contribution >= 4 is 17.7 Å². The highest BCUT2D eigenvalue weighted by molar-refractivity contribution is 7.99. The van der Waals surface area contributed by atoms with Crippen LogP contribution in [0.5, 0.6) is 11.5 Å². The van der Waals surface area contributed by atoms with Crippen LogP contribution in [0.25, 0.3) is 11.4 Å². The molecule has 1 aliphatic rings. The van der Waals surface area contributed by atoms with E-state index in [1.54, 1.807) is 31.4 Å². The Morgan fingerprint density at radius 3 is 2.37 bits per heavy atom. The summed E-state index contributed by atoms with van der Waals surface area (Å²) in [6, 6.07) is 14.9. The molecule has 186 valence electrons. The number of thioether (sulfide) groups is 1. The lowest BCUT2D eigenvalue weighted by molar-refractivity contribution is 0.0600. The quantitative estimate of drug-likeness (QED) is 0.316. The number of carbonyl (C=O) groups excluding carboxylic acids is 1. The van der Waals surface area contributed by atoms with Gasteiger partial charge in [-0.1, -0.05) is 31.0 Å². The van der Waals surface area contributed by atoms with Gasteiger partial charge in [0.2, 0.25) is 0 Å². The summed E-state index contributed by atoms with van der Waals surface area (Å²) in [6.45, 7) is 0.132. The number of nitrogens with zero attached hydrogens (tertiary/aromatic N) is 3. The fraction of sp³-hybridized carbons (Fsp3) is 0.423. The highest BCUT2D eigenvalue weighted by atomic mass is 32.2. The van der Waals surface area contributed by atoms with Crippen LogP contribution in [0.4, 0.5) is 0 Å². The molecule has 0 radical (unpaired) electrons. The number of ether oxygens (including phenoxy) is 3. The molecule has 1 fully saturated rings. The van der Waals surface area contributed by atoms with Crippen LogP contribution in [0.2, 0.25) is 0 Å². The fourth-order valence-electron chi connectivity index (χ4n) is 4.20. The lowest BCUT2D eigenvalue weighted by Gasteiger charge is -2.26. The number of aliphatic hydroxyl groups excluding tert-OH is 1. The Balaban J connectivity index is 1.41. The van der Waals surface area contributed by atoms with E-state index < -0.39 is 12.1 Å². The summed E-state index contributed by atoms with van der Waals surface area (Å²) in [5, 5.41) is 20.4. The second kappa shape index (κ2) is 12.1. The molecule has 1 heterocycles. The zero-order chi connectivity index (χ0) is 24.6. The fourth-order valence-corrected chi connectivity index (χ4v) is 5.11. The van der Waals surface area contributed by atoms with Crippen molar-refractivity contribution in [1.29, 1.82) is 0 Å². The molecular weight excluding hydrogens is 466 g/mol. The average molecular weight is 498 g/mol. The molecular formula is C26H31N3O5S. The van der Waals surface area contributed by atoms with Crippen LogP contribution in [0.3, 0.4) is 0 Å². The van der Waals surface area contributed by atoms with Crippen LogP contribution >= 0.6 is 11.8 Å². The second-order valence-corrected chi connectivity index (χ2v) is 9.48. The summed E-state index contributed by atoms with van der Waals surface area (Å²) in [6.07, 6.45) is 5.15. The number of hydrogen-bond acceptors (Lipinski definition) is 8. The summed E-state index contributed by atoms with van der Waals surface area (Å²) in [4.78, 5) is 11.5. The Morgan fingerprint density at radius 1 is 1.03 bits per heavy atom. The van der Waals surface area contributed by atoms with Crippen molar-refractivity contribution in [3.63, 3.8) is 0 Å². The topological polar surface area (TPSA) is 95.7 Å². The molecule has 0 bridgehead atoms. The monoisotopic (exact) mass is 497 g/mol. The number of esters is 1. The average Bonchev–Trinajstić information content (AvgIpc) is 3.35. The SMILES string of the molecule is COC(=O)c1ccc(OCC(O)CSc2nnc(-c3ccc(OC)cc3)n2C2CCCCC2)cc1. The summed E-state index contributed by atoms with van der Waals surface area (Å²) >= 11 is 1.49. The molecule has 9 heteroatoms. The summed E-state index contributed by atoms with van der Waals surface area (Å²) in [7, 11) is 3.00. The summed E-state index contributed by atoms with van der Waals surface area (Å²) in [5.41, 5.74) is 1.45. The van der Waals surface area contributed by atoms with E-state index in [9.17, 15) is 9.90 Å². The standard InChI is InChI=1S/C26H31N3O5S/c1-32-22-12-8-18(9-13-22)24-27-28-26(29(24)20-6-4-3-5-7-20)35-17-21(30)16-34-23-14-10-19(11-15-23)25(31)33-2/h8-15,20-21,30H,3-7,16-17H2,1-2H3. The van der Waals surface area contributed by atoms with E-state index in [1.807, 2.05) is 24.3 Å². The van der Waals surface area contributed by atoms with E-state index in [0.717, 1.165) is 35.1 Å². The number of aliphatic hydroxyl groups is 1. The Morgan fingerprint density at radius 2 is 1.71 bits per heavy atom. The first kappa shape index (κ1) is 25.1. The smallest absolute Gasteiger partial charge is 0.337 e. The number of rotatable bonds is 10. The van der Waals surface area contributed by atoms with Gasteiger partial charge in [-0.2, -0.15) is 0 Å². The van der Waals surface area contributed by atoms with Crippen LogP contribution in [-0.2, 0) is 4.74 Å². The molecule has 0 saturated heterocycles. The molecule has 0 spiro atoms. The van der Waals surface area contributed by atoms with Crippen LogP contribution in [-0.4, -0.2) is 58.5 Å². The molecule has 0 aliphatic heterocycles. The molecule has 1 unspecified atom stereocenters. The van der Waals surface area contributed by atoms with E-state index in [2.05, 4.69) is 14.8 Å². The first-order valence-corrected chi connectivity index (χ1v) is 12.8. The summed E-state index contributed by atoms with van der Waals surface area (Å²) in [5.74, 6) is 2.25. The third kappa shape index (κ3) is 6.35. The van der Waals surface area contributed by atoms with Gasteiger partial charge in [0.1, 0.15) is 18.1 Å². The van der Waals surface area contributed by atoms with Gasteiger partial charge in [0.05, 0.1) is 25.9 Å². The van der Waals surface area contributed by atoms with Crippen LogP contribution in [0, 0.1) is 0 Å².